The van der Waals surface area contributed by atoms with Gasteiger partial charge in [-0.3, -0.25) is 0 Å². The second-order valence-corrected chi connectivity index (χ2v) is 8.49. The molecule has 1 saturated heterocycles. The number of likely N-dealkylation sites (tertiary alicyclic amines) is 1. The van der Waals surface area contributed by atoms with Crippen molar-refractivity contribution < 1.29 is 17.6 Å². The third-order valence-electron chi connectivity index (χ3n) is 3.89. The molecule has 0 saturated carbocycles. The van der Waals surface area contributed by atoms with Gasteiger partial charge in [-0.1, -0.05) is 6.07 Å². The van der Waals surface area contributed by atoms with Crippen molar-refractivity contribution in [1.29, 1.82) is 0 Å². The molecule has 0 bridgehead atoms. The molecule has 7 nitrogen and oxygen atoms in total. The third-order valence-corrected chi connectivity index (χ3v) is 6.81. The van der Waals surface area contributed by atoms with E-state index in [2.05, 4.69) is 10.0 Å². The maximum absolute atomic E-state index is 12.2. The lowest BCUT2D eigenvalue weighted by Crippen LogP contribution is -2.49. The molecular formula is C15H19N3O4S2. The molecule has 0 aliphatic carbocycles. The zero-order chi connectivity index (χ0) is 17.0. The molecule has 2 amide bonds. The molecule has 1 aliphatic heterocycles. The van der Waals surface area contributed by atoms with Crippen LogP contribution >= 0.6 is 11.3 Å². The number of nitrogens with zero attached hydrogens (tertiary/aromatic N) is 1. The van der Waals surface area contributed by atoms with Gasteiger partial charge in [0, 0.05) is 31.2 Å². The van der Waals surface area contributed by atoms with Crippen LogP contribution in [0.1, 0.15) is 18.4 Å². The highest BCUT2D eigenvalue weighted by atomic mass is 32.2. The molecule has 3 heterocycles. The number of hydrogen-bond donors (Lipinski definition) is 2. The monoisotopic (exact) mass is 369 g/mol. The first-order valence-corrected chi connectivity index (χ1v) is 10.0. The van der Waals surface area contributed by atoms with Crippen molar-refractivity contribution in [2.24, 2.45) is 0 Å². The maximum Gasteiger partial charge on any atom is 0.317 e. The highest BCUT2D eigenvalue weighted by molar-refractivity contribution is 7.91. The summed E-state index contributed by atoms with van der Waals surface area (Å²) in [5.74, 6) is 0. The summed E-state index contributed by atoms with van der Waals surface area (Å²) in [6, 6.07) is 4.81. The van der Waals surface area contributed by atoms with Crippen LogP contribution in [0.15, 0.2) is 44.7 Å². The second kappa shape index (κ2) is 7.37. The zero-order valence-electron chi connectivity index (χ0n) is 13.0. The van der Waals surface area contributed by atoms with E-state index < -0.39 is 10.0 Å². The smallest absolute Gasteiger partial charge is 0.317 e. The zero-order valence-corrected chi connectivity index (χ0v) is 14.6. The van der Waals surface area contributed by atoms with Crippen LogP contribution in [-0.2, 0) is 16.6 Å². The van der Waals surface area contributed by atoms with Crippen molar-refractivity contribution >= 4 is 27.4 Å². The SMILES string of the molecule is O=C(NCc1ccoc1)N1CCC(NS(=O)(=O)c2cccs2)CC1. The van der Waals surface area contributed by atoms with E-state index in [9.17, 15) is 13.2 Å². The van der Waals surface area contributed by atoms with E-state index in [1.807, 2.05) is 0 Å². The first-order chi connectivity index (χ1) is 11.5. The standard InChI is InChI=1S/C15H19N3O4S2/c19-15(16-10-12-5-8-22-11-12)18-6-3-13(4-7-18)17-24(20,21)14-2-1-9-23-14/h1-2,5,8-9,11,13,17H,3-4,6-7,10H2,(H,16,19). The summed E-state index contributed by atoms with van der Waals surface area (Å²) in [6.07, 6.45) is 4.35. The van der Waals surface area contributed by atoms with E-state index in [-0.39, 0.29) is 12.1 Å². The summed E-state index contributed by atoms with van der Waals surface area (Å²) in [4.78, 5) is 13.8. The topological polar surface area (TPSA) is 91.7 Å². The van der Waals surface area contributed by atoms with Gasteiger partial charge in [0.1, 0.15) is 4.21 Å². The Balaban J connectivity index is 1.46. The number of amides is 2. The fourth-order valence-corrected chi connectivity index (χ4v) is 4.89. The summed E-state index contributed by atoms with van der Waals surface area (Å²) < 4.78 is 32.4. The van der Waals surface area contributed by atoms with E-state index in [1.54, 1.807) is 41.0 Å². The Labute approximate surface area is 144 Å². The van der Waals surface area contributed by atoms with Gasteiger partial charge in [0.25, 0.3) is 0 Å². The molecule has 0 radical (unpaired) electrons. The molecule has 0 unspecified atom stereocenters. The molecule has 2 aromatic rings. The Hall–Kier alpha value is -1.84. The second-order valence-electron chi connectivity index (χ2n) is 5.61. The maximum atomic E-state index is 12.2. The van der Waals surface area contributed by atoms with Crippen molar-refractivity contribution in [3.63, 3.8) is 0 Å². The highest BCUT2D eigenvalue weighted by Gasteiger charge is 2.27. The molecule has 0 spiro atoms. The van der Waals surface area contributed by atoms with Crippen molar-refractivity contribution in [2.75, 3.05) is 13.1 Å². The van der Waals surface area contributed by atoms with Gasteiger partial charge in [0.2, 0.25) is 10.0 Å². The number of carbonyl (C=O) groups excluding carboxylic acids is 1. The predicted octanol–water partition coefficient (Wildman–Crippen LogP) is 1.99. The predicted molar refractivity (Wildman–Crippen MR) is 90.2 cm³/mol. The van der Waals surface area contributed by atoms with Crippen LogP contribution in [0.2, 0.25) is 0 Å². The number of carbonyl (C=O) groups is 1. The van der Waals surface area contributed by atoms with E-state index in [0.29, 0.717) is 36.7 Å². The van der Waals surface area contributed by atoms with Gasteiger partial charge in [0.15, 0.2) is 0 Å². The molecule has 1 fully saturated rings. The number of sulfonamides is 1. The molecule has 130 valence electrons. The fraction of sp³-hybridized carbons (Fsp3) is 0.400. The number of rotatable bonds is 5. The minimum atomic E-state index is -3.46. The molecule has 2 aromatic heterocycles. The van der Waals surface area contributed by atoms with Gasteiger partial charge >= 0.3 is 6.03 Å². The van der Waals surface area contributed by atoms with Gasteiger partial charge in [-0.25, -0.2) is 17.9 Å². The van der Waals surface area contributed by atoms with Crippen LogP contribution in [0.5, 0.6) is 0 Å². The molecule has 3 rings (SSSR count). The van der Waals surface area contributed by atoms with E-state index in [0.717, 1.165) is 5.56 Å². The number of nitrogens with one attached hydrogen (secondary N) is 2. The van der Waals surface area contributed by atoms with Crippen LogP contribution in [0.3, 0.4) is 0 Å². The van der Waals surface area contributed by atoms with E-state index in [1.165, 1.54) is 11.3 Å². The molecule has 0 atom stereocenters. The number of furan rings is 1. The molecular weight excluding hydrogens is 350 g/mol. The van der Waals surface area contributed by atoms with Gasteiger partial charge in [-0.2, -0.15) is 0 Å². The fourth-order valence-electron chi connectivity index (χ4n) is 2.58. The largest absolute Gasteiger partial charge is 0.472 e. The minimum absolute atomic E-state index is 0.143. The lowest BCUT2D eigenvalue weighted by molar-refractivity contribution is 0.179. The summed E-state index contributed by atoms with van der Waals surface area (Å²) in [7, 11) is -3.46. The first kappa shape index (κ1) is 17.0. The minimum Gasteiger partial charge on any atom is -0.472 e. The number of hydrogen-bond acceptors (Lipinski definition) is 5. The number of urea groups is 1. The van der Waals surface area contributed by atoms with Crippen LogP contribution in [0.25, 0.3) is 0 Å². The quantitative estimate of drug-likeness (QED) is 0.843. The van der Waals surface area contributed by atoms with Crippen LogP contribution in [-0.4, -0.2) is 38.5 Å². The summed E-state index contributed by atoms with van der Waals surface area (Å²) in [5.41, 5.74) is 0.905. The molecule has 1 aliphatic rings. The average Bonchev–Trinajstić information content (AvgIpc) is 3.26. The lowest BCUT2D eigenvalue weighted by atomic mass is 10.1. The molecule has 9 heteroatoms. The van der Waals surface area contributed by atoms with Gasteiger partial charge in [-0.05, 0) is 30.4 Å². The normalized spacial score (nSPS) is 16.2. The van der Waals surface area contributed by atoms with Crippen molar-refractivity contribution in [2.45, 2.75) is 29.6 Å². The van der Waals surface area contributed by atoms with Gasteiger partial charge in [0.05, 0.1) is 12.5 Å². The van der Waals surface area contributed by atoms with Gasteiger partial charge in [-0.15, -0.1) is 11.3 Å². The molecule has 2 N–H and O–H groups in total. The molecule has 24 heavy (non-hydrogen) atoms. The van der Waals surface area contributed by atoms with Crippen molar-refractivity contribution in [3.05, 3.63) is 41.7 Å². The summed E-state index contributed by atoms with van der Waals surface area (Å²) in [5, 5.41) is 4.57. The average molecular weight is 369 g/mol. The summed E-state index contributed by atoms with van der Waals surface area (Å²) >= 11 is 1.20. The Morgan fingerprint density at radius 2 is 2.12 bits per heavy atom. The van der Waals surface area contributed by atoms with Crippen LogP contribution in [0.4, 0.5) is 4.79 Å². The van der Waals surface area contributed by atoms with Crippen LogP contribution < -0.4 is 10.0 Å². The Kier molecular flexibility index (Phi) is 5.22. The van der Waals surface area contributed by atoms with E-state index in [4.69, 9.17) is 4.42 Å². The number of thiophene rings is 1. The first-order valence-electron chi connectivity index (χ1n) is 7.64. The number of piperidine rings is 1. The van der Waals surface area contributed by atoms with Crippen molar-refractivity contribution in [3.8, 4) is 0 Å². The Morgan fingerprint density at radius 1 is 1.33 bits per heavy atom. The Bertz CT molecular complexity index is 749. The molecule has 0 aromatic carbocycles. The third kappa shape index (κ3) is 4.16. The van der Waals surface area contributed by atoms with E-state index >= 15 is 0 Å². The highest BCUT2D eigenvalue weighted by Crippen LogP contribution is 2.18. The van der Waals surface area contributed by atoms with Gasteiger partial charge < -0.3 is 14.6 Å². The summed E-state index contributed by atoms with van der Waals surface area (Å²) in [6.45, 7) is 1.46. The lowest BCUT2D eigenvalue weighted by Gasteiger charge is -2.32. The Morgan fingerprint density at radius 3 is 2.75 bits per heavy atom. The van der Waals surface area contributed by atoms with Crippen LogP contribution in [0, 0.1) is 0 Å². The van der Waals surface area contributed by atoms with Crippen molar-refractivity contribution in [1.82, 2.24) is 14.9 Å².